The molecule has 160 valence electrons. The third kappa shape index (κ3) is 6.18. The number of aryl methyl sites for hydroxylation is 2. The van der Waals surface area contributed by atoms with E-state index in [1.807, 2.05) is 25.1 Å². The van der Waals surface area contributed by atoms with Crippen molar-refractivity contribution >= 4 is 5.57 Å². The maximum atomic E-state index is 4.18. The van der Waals surface area contributed by atoms with Crippen molar-refractivity contribution in [1.82, 2.24) is 0 Å². The maximum absolute atomic E-state index is 4.18. The highest BCUT2D eigenvalue weighted by molar-refractivity contribution is 5.78. The lowest BCUT2D eigenvalue weighted by atomic mass is 9.96. The molecular formula is C32H32. The van der Waals surface area contributed by atoms with Gasteiger partial charge in [0.2, 0.25) is 0 Å². The van der Waals surface area contributed by atoms with Gasteiger partial charge in [0, 0.05) is 0 Å². The Bertz CT molecular complexity index is 1180. The van der Waals surface area contributed by atoms with Crippen molar-refractivity contribution in [3.8, 4) is 22.3 Å². The molecule has 0 N–H and O–H groups in total. The van der Waals surface area contributed by atoms with Crippen molar-refractivity contribution in [2.24, 2.45) is 0 Å². The fourth-order valence-corrected chi connectivity index (χ4v) is 3.48. The smallest absolute Gasteiger partial charge is 0.0181 e. The van der Waals surface area contributed by atoms with E-state index in [1.165, 1.54) is 44.5 Å². The molecule has 0 heterocycles. The molecule has 0 aliphatic rings. The quantitative estimate of drug-likeness (QED) is 0.291. The summed E-state index contributed by atoms with van der Waals surface area (Å²) >= 11 is 0. The zero-order valence-electron chi connectivity index (χ0n) is 19.6. The largest absolute Gasteiger partial charge is 0.0909 e. The molecule has 4 aromatic carbocycles. The summed E-state index contributed by atoms with van der Waals surface area (Å²) in [6, 6.07) is 36.3. The van der Waals surface area contributed by atoms with Crippen LogP contribution in [0, 0.1) is 13.8 Å². The Morgan fingerprint density at radius 3 is 1.56 bits per heavy atom. The number of hydrogen-bond donors (Lipinski definition) is 0. The van der Waals surface area contributed by atoms with Crippen LogP contribution in [0.5, 0.6) is 0 Å². The van der Waals surface area contributed by atoms with E-state index in [9.17, 15) is 0 Å². The van der Waals surface area contributed by atoms with Crippen LogP contribution in [-0.4, -0.2) is 0 Å². The minimum atomic E-state index is 1.09. The zero-order valence-corrected chi connectivity index (χ0v) is 19.6. The third-order valence-corrected chi connectivity index (χ3v) is 5.65. The van der Waals surface area contributed by atoms with Gasteiger partial charge >= 0.3 is 0 Å². The molecule has 4 rings (SSSR count). The van der Waals surface area contributed by atoms with Gasteiger partial charge in [-0.25, -0.2) is 0 Å². The van der Waals surface area contributed by atoms with Crippen LogP contribution >= 0.6 is 0 Å². The van der Waals surface area contributed by atoms with E-state index in [2.05, 4.69) is 118 Å². The number of allylic oxidation sites excluding steroid dienone is 3. The Kier molecular flexibility index (Phi) is 8.00. The molecule has 0 saturated carbocycles. The van der Waals surface area contributed by atoms with Gasteiger partial charge in [0.15, 0.2) is 0 Å². The van der Waals surface area contributed by atoms with E-state index in [0.29, 0.717) is 0 Å². The molecule has 0 saturated heterocycles. The number of rotatable bonds is 4. The summed E-state index contributed by atoms with van der Waals surface area (Å²) in [5.41, 5.74) is 11.1. The van der Waals surface area contributed by atoms with Crippen LogP contribution in [0.15, 0.2) is 121 Å². The van der Waals surface area contributed by atoms with E-state index in [1.54, 1.807) is 0 Å². The Morgan fingerprint density at radius 2 is 1.09 bits per heavy atom. The van der Waals surface area contributed by atoms with E-state index < -0.39 is 0 Å². The highest BCUT2D eigenvalue weighted by atomic mass is 14.1. The summed E-state index contributed by atoms with van der Waals surface area (Å²) in [7, 11) is 0. The van der Waals surface area contributed by atoms with Crippen LogP contribution in [0.3, 0.4) is 0 Å². The first-order chi connectivity index (χ1) is 15.5. The molecule has 0 unspecified atom stereocenters. The Balaban J connectivity index is 0.000000352. The highest BCUT2D eigenvalue weighted by Crippen LogP contribution is 2.27. The minimum absolute atomic E-state index is 1.09. The molecule has 0 bridgehead atoms. The van der Waals surface area contributed by atoms with Crippen molar-refractivity contribution in [3.05, 3.63) is 138 Å². The van der Waals surface area contributed by atoms with Crippen LogP contribution < -0.4 is 0 Å². The monoisotopic (exact) mass is 416 g/mol. The second-order valence-electron chi connectivity index (χ2n) is 8.13. The van der Waals surface area contributed by atoms with Crippen molar-refractivity contribution in [1.29, 1.82) is 0 Å². The molecule has 0 fully saturated rings. The van der Waals surface area contributed by atoms with Crippen molar-refractivity contribution < 1.29 is 0 Å². The van der Waals surface area contributed by atoms with Crippen molar-refractivity contribution in [3.63, 3.8) is 0 Å². The Hall–Kier alpha value is -3.64. The SMILES string of the molecule is C=C(/C(C)=C/C)c1ccc(-c2ccc(-c3cccc(C)c3)cc2)cc1.Cc1ccccc1. The first kappa shape index (κ1) is 23.0. The van der Waals surface area contributed by atoms with Crippen molar-refractivity contribution in [2.45, 2.75) is 27.7 Å². The van der Waals surface area contributed by atoms with Gasteiger partial charge in [-0.05, 0) is 66.7 Å². The molecule has 0 atom stereocenters. The fraction of sp³-hybridized carbons (Fsp3) is 0.125. The average molecular weight is 417 g/mol. The summed E-state index contributed by atoms with van der Waals surface area (Å²) < 4.78 is 0. The summed E-state index contributed by atoms with van der Waals surface area (Å²) in [5.74, 6) is 0. The molecule has 0 spiro atoms. The normalized spacial score (nSPS) is 10.8. The van der Waals surface area contributed by atoms with Crippen molar-refractivity contribution in [2.75, 3.05) is 0 Å². The molecule has 32 heavy (non-hydrogen) atoms. The lowest BCUT2D eigenvalue weighted by Crippen LogP contribution is -1.86. The van der Waals surface area contributed by atoms with Gasteiger partial charge < -0.3 is 0 Å². The average Bonchev–Trinajstić information content (AvgIpc) is 2.84. The van der Waals surface area contributed by atoms with E-state index in [4.69, 9.17) is 0 Å². The number of hydrogen-bond acceptors (Lipinski definition) is 0. The first-order valence-corrected chi connectivity index (χ1v) is 11.1. The van der Waals surface area contributed by atoms with Crippen LogP contribution in [0.1, 0.15) is 30.5 Å². The van der Waals surface area contributed by atoms with Gasteiger partial charge in [0.1, 0.15) is 0 Å². The molecule has 4 aromatic rings. The van der Waals surface area contributed by atoms with Gasteiger partial charge in [-0.1, -0.05) is 127 Å². The predicted octanol–water partition coefficient (Wildman–Crippen LogP) is 9.30. The molecule has 0 aliphatic carbocycles. The first-order valence-electron chi connectivity index (χ1n) is 11.1. The molecule has 0 amide bonds. The lowest BCUT2D eigenvalue weighted by Gasteiger charge is -2.09. The van der Waals surface area contributed by atoms with Gasteiger partial charge in [0.25, 0.3) is 0 Å². The maximum Gasteiger partial charge on any atom is -0.0181 e. The molecular weight excluding hydrogens is 384 g/mol. The van der Waals surface area contributed by atoms with E-state index in [0.717, 1.165) is 5.57 Å². The van der Waals surface area contributed by atoms with E-state index in [-0.39, 0.29) is 0 Å². The van der Waals surface area contributed by atoms with Crippen LogP contribution in [0.2, 0.25) is 0 Å². The van der Waals surface area contributed by atoms with E-state index >= 15 is 0 Å². The second kappa shape index (κ2) is 11.1. The predicted molar refractivity (Wildman–Crippen MR) is 142 cm³/mol. The van der Waals surface area contributed by atoms with Gasteiger partial charge in [0.05, 0.1) is 0 Å². The molecule has 0 radical (unpaired) electrons. The topological polar surface area (TPSA) is 0 Å². The Morgan fingerprint density at radius 1 is 0.594 bits per heavy atom. The minimum Gasteiger partial charge on any atom is -0.0909 e. The molecule has 0 nitrogen and oxygen atoms in total. The van der Waals surface area contributed by atoms with Gasteiger partial charge in [-0.15, -0.1) is 0 Å². The molecule has 0 heteroatoms. The Labute approximate surface area is 193 Å². The lowest BCUT2D eigenvalue weighted by molar-refractivity contribution is 1.46. The van der Waals surface area contributed by atoms with Crippen LogP contribution in [0.4, 0.5) is 0 Å². The van der Waals surface area contributed by atoms with Crippen LogP contribution in [-0.2, 0) is 0 Å². The molecule has 0 aliphatic heterocycles. The van der Waals surface area contributed by atoms with Gasteiger partial charge in [-0.2, -0.15) is 0 Å². The summed E-state index contributed by atoms with van der Waals surface area (Å²) in [4.78, 5) is 0. The molecule has 0 aromatic heterocycles. The summed E-state index contributed by atoms with van der Waals surface area (Å²) in [5, 5.41) is 0. The third-order valence-electron chi connectivity index (χ3n) is 5.65. The summed E-state index contributed by atoms with van der Waals surface area (Å²) in [6.45, 7) is 12.5. The standard InChI is InChI=1S/C25H24.C7H8/c1-5-19(3)20(4)21-9-11-22(12-10-21)23-13-15-24(16-14-23)25-8-6-7-18(2)17-25;1-7-5-3-2-4-6-7/h5-17H,4H2,1-3H3;2-6H,1H3/b19-5+;. The van der Waals surface area contributed by atoms with Crippen LogP contribution in [0.25, 0.3) is 27.8 Å². The zero-order chi connectivity index (χ0) is 22.9. The summed E-state index contributed by atoms with van der Waals surface area (Å²) in [6.07, 6.45) is 2.10. The highest BCUT2D eigenvalue weighted by Gasteiger charge is 2.03. The fourth-order valence-electron chi connectivity index (χ4n) is 3.48. The van der Waals surface area contributed by atoms with Gasteiger partial charge in [-0.3, -0.25) is 0 Å². The second-order valence-corrected chi connectivity index (χ2v) is 8.13. The number of benzene rings is 4.